The standard InChI is InChI=1S/C14H9F3N2S/c1-8-4-5-20-13(8)12-7-18-11-6-9(14(15,16)17)2-3-10(11)19-12/h2-7H,1H3. The highest BCUT2D eigenvalue weighted by atomic mass is 32.1. The summed E-state index contributed by atoms with van der Waals surface area (Å²) in [7, 11) is 0. The first-order valence-corrected chi connectivity index (χ1v) is 6.71. The fraction of sp³-hybridized carbons (Fsp3) is 0.143. The molecule has 0 spiro atoms. The van der Waals surface area contributed by atoms with Crippen LogP contribution in [0.2, 0.25) is 0 Å². The minimum atomic E-state index is -4.36. The van der Waals surface area contributed by atoms with Gasteiger partial charge in [-0.2, -0.15) is 13.2 Å². The van der Waals surface area contributed by atoms with E-state index in [0.29, 0.717) is 11.2 Å². The van der Waals surface area contributed by atoms with Crippen molar-refractivity contribution in [1.82, 2.24) is 9.97 Å². The Hall–Kier alpha value is -1.95. The number of thiophene rings is 1. The zero-order valence-electron chi connectivity index (χ0n) is 10.4. The van der Waals surface area contributed by atoms with E-state index in [1.54, 1.807) is 0 Å². The molecule has 1 aromatic carbocycles. The Morgan fingerprint density at radius 1 is 1.10 bits per heavy atom. The summed E-state index contributed by atoms with van der Waals surface area (Å²) in [6.07, 6.45) is -2.85. The summed E-state index contributed by atoms with van der Waals surface area (Å²) in [5.41, 5.74) is 1.76. The molecule has 0 N–H and O–H groups in total. The zero-order chi connectivity index (χ0) is 14.3. The van der Waals surface area contributed by atoms with Crippen molar-refractivity contribution in [2.45, 2.75) is 13.1 Å². The Bertz CT molecular complexity index is 777. The van der Waals surface area contributed by atoms with Crippen molar-refractivity contribution in [3.8, 4) is 10.6 Å². The highest BCUT2D eigenvalue weighted by molar-refractivity contribution is 7.13. The number of aromatic nitrogens is 2. The molecule has 0 saturated carbocycles. The minimum absolute atomic E-state index is 0.248. The number of hydrogen-bond acceptors (Lipinski definition) is 3. The molecule has 0 aliphatic heterocycles. The van der Waals surface area contributed by atoms with E-state index in [9.17, 15) is 13.2 Å². The average Bonchev–Trinajstić information content (AvgIpc) is 2.83. The molecule has 0 aliphatic carbocycles. The summed E-state index contributed by atoms with van der Waals surface area (Å²) < 4.78 is 37.9. The van der Waals surface area contributed by atoms with Crippen molar-refractivity contribution >= 4 is 22.4 Å². The Kier molecular flexibility index (Phi) is 2.97. The second-order valence-corrected chi connectivity index (χ2v) is 5.31. The number of fused-ring (bicyclic) bond motifs is 1. The van der Waals surface area contributed by atoms with E-state index in [4.69, 9.17) is 0 Å². The molecule has 0 saturated heterocycles. The van der Waals surface area contributed by atoms with E-state index in [2.05, 4.69) is 9.97 Å². The van der Waals surface area contributed by atoms with E-state index in [1.165, 1.54) is 23.6 Å². The summed E-state index contributed by atoms with van der Waals surface area (Å²) in [5.74, 6) is 0. The monoisotopic (exact) mass is 294 g/mol. The number of benzene rings is 1. The largest absolute Gasteiger partial charge is 0.416 e. The predicted molar refractivity (Wildman–Crippen MR) is 72.6 cm³/mol. The van der Waals surface area contributed by atoms with Crippen LogP contribution in [0, 0.1) is 6.92 Å². The number of alkyl halides is 3. The fourth-order valence-corrected chi connectivity index (χ4v) is 2.81. The van der Waals surface area contributed by atoms with Crippen molar-refractivity contribution in [3.63, 3.8) is 0 Å². The summed E-state index contributed by atoms with van der Waals surface area (Å²) in [4.78, 5) is 9.46. The van der Waals surface area contributed by atoms with Crippen molar-refractivity contribution in [2.75, 3.05) is 0 Å². The van der Waals surface area contributed by atoms with Crippen LogP contribution < -0.4 is 0 Å². The topological polar surface area (TPSA) is 25.8 Å². The summed E-state index contributed by atoms with van der Waals surface area (Å²) >= 11 is 1.54. The molecule has 3 aromatic rings. The van der Waals surface area contributed by atoms with Gasteiger partial charge in [0.25, 0.3) is 0 Å². The Labute approximate surface area is 116 Å². The molecule has 0 unspecified atom stereocenters. The number of nitrogens with zero attached hydrogens (tertiary/aromatic N) is 2. The van der Waals surface area contributed by atoms with E-state index < -0.39 is 11.7 Å². The molecule has 102 valence electrons. The fourth-order valence-electron chi connectivity index (χ4n) is 1.93. The van der Waals surface area contributed by atoms with Crippen LogP contribution in [-0.4, -0.2) is 9.97 Å². The molecular formula is C14H9F3N2S. The van der Waals surface area contributed by atoms with Gasteiger partial charge in [0, 0.05) is 0 Å². The molecule has 20 heavy (non-hydrogen) atoms. The van der Waals surface area contributed by atoms with Crippen LogP contribution in [0.3, 0.4) is 0 Å². The third-order valence-corrected chi connectivity index (χ3v) is 4.00. The van der Waals surface area contributed by atoms with E-state index >= 15 is 0 Å². The first-order chi connectivity index (χ1) is 9.45. The minimum Gasteiger partial charge on any atom is -0.252 e. The van der Waals surface area contributed by atoms with Gasteiger partial charge < -0.3 is 0 Å². The van der Waals surface area contributed by atoms with E-state index in [0.717, 1.165) is 22.6 Å². The van der Waals surface area contributed by atoms with E-state index in [1.807, 2.05) is 18.4 Å². The van der Waals surface area contributed by atoms with Gasteiger partial charge in [-0.1, -0.05) is 0 Å². The molecule has 2 nitrogen and oxygen atoms in total. The van der Waals surface area contributed by atoms with Crippen LogP contribution >= 0.6 is 11.3 Å². The SMILES string of the molecule is Cc1ccsc1-c1cnc2cc(C(F)(F)F)ccc2n1. The molecule has 0 amide bonds. The summed E-state index contributed by atoms with van der Waals surface area (Å²) in [6.45, 7) is 1.96. The lowest BCUT2D eigenvalue weighted by Gasteiger charge is -2.07. The van der Waals surface area contributed by atoms with Gasteiger partial charge in [0.1, 0.15) is 0 Å². The number of halogens is 3. The van der Waals surface area contributed by atoms with Crippen LogP contribution in [0.4, 0.5) is 13.2 Å². The van der Waals surface area contributed by atoms with Crippen LogP contribution in [0.1, 0.15) is 11.1 Å². The number of rotatable bonds is 1. The smallest absolute Gasteiger partial charge is 0.252 e. The van der Waals surface area contributed by atoms with Gasteiger partial charge in [0.15, 0.2) is 0 Å². The molecule has 2 aromatic heterocycles. The maximum atomic E-state index is 12.6. The highest BCUT2D eigenvalue weighted by Crippen LogP contribution is 2.32. The third kappa shape index (κ3) is 2.27. The van der Waals surface area contributed by atoms with Gasteiger partial charge in [0.2, 0.25) is 0 Å². The maximum absolute atomic E-state index is 12.6. The van der Waals surface area contributed by atoms with E-state index in [-0.39, 0.29) is 5.52 Å². The average molecular weight is 294 g/mol. The van der Waals surface area contributed by atoms with Crippen molar-refractivity contribution in [2.24, 2.45) is 0 Å². The molecule has 3 rings (SSSR count). The summed E-state index contributed by atoms with van der Waals surface area (Å²) in [6, 6.07) is 5.38. The van der Waals surface area contributed by atoms with Gasteiger partial charge in [-0.25, -0.2) is 4.98 Å². The first-order valence-electron chi connectivity index (χ1n) is 5.83. The van der Waals surface area contributed by atoms with Gasteiger partial charge in [-0.3, -0.25) is 4.98 Å². The zero-order valence-corrected chi connectivity index (χ0v) is 11.2. The molecular weight excluding hydrogens is 285 g/mol. The van der Waals surface area contributed by atoms with Crippen molar-refractivity contribution in [1.29, 1.82) is 0 Å². The lowest BCUT2D eigenvalue weighted by Crippen LogP contribution is -2.04. The van der Waals surface area contributed by atoms with Crippen LogP contribution in [0.5, 0.6) is 0 Å². The van der Waals surface area contributed by atoms with Crippen molar-refractivity contribution < 1.29 is 13.2 Å². The van der Waals surface area contributed by atoms with Gasteiger partial charge in [-0.05, 0) is 42.1 Å². The van der Waals surface area contributed by atoms with Crippen LogP contribution in [-0.2, 0) is 6.18 Å². The van der Waals surface area contributed by atoms with Gasteiger partial charge in [0.05, 0.1) is 33.4 Å². The number of hydrogen-bond donors (Lipinski definition) is 0. The summed E-state index contributed by atoms with van der Waals surface area (Å²) in [5, 5.41) is 1.95. The van der Waals surface area contributed by atoms with Crippen molar-refractivity contribution in [3.05, 3.63) is 47.0 Å². The molecule has 0 aliphatic rings. The highest BCUT2D eigenvalue weighted by Gasteiger charge is 2.30. The second-order valence-electron chi connectivity index (χ2n) is 4.39. The second kappa shape index (κ2) is 4.56. The van der Waals surface area contributed by atoms with Crippen LogP contribution in [0.25, 0.3) is 21.6 Å². The molecule has 0 bridgehead atoms. The first kappa shape index (κ1) is 13.1. The van der Waals surface area contributed by atoms with Gasteiger partial charge >= 0.3 is 6.18 Å². The molecule has 0 fully saturated rings. The molecule has 6 heteroatoms. The van der Waals surface area contributed by atoms with Crippen LogP contribution in [0.15, 0.2) is 35.8 Å². The molecule has 2 heterocycles. The molecule has 0 radical (unpaired) electrons. The Morgan fingerprint density at radius 3 is 2.55 bits per heavy atom. The Morgan fingerprint density at radius 2 is 1.90 bits per heavy atom. The van der Waals surface area contributed by atoms with Gasteiger partial charge in [-0.15, -0.1) is 11.3 Å². The lowest BCUT2D eigenvalue weighted by molar-refractivity contribution is -0.137. The maximum Gasteiger partial charge on any atom is 0.416 e. The number of aryl methyl sites for hydroxylation is 1. The predicted octanol–water partition coefficient (Wildman–Crippen LogP) is 4.69. The normalized spacial score (nSPS) is 12.0. The lowest BCUT2D eigenvalue weighted by atomic mass is 10.1. The molecule has 0 atom stereocenters. The Balaban J connectivity index is 2.12. The third-order valence-electron chi connectivity index (χ3n) is 2.96. The quantitative estimate of drug-likeness (QED) is 0.651.